The molecule has 0 bridgehead atoms. The summed E-state index contributed by atoms with van der Waals surface area (Å²) in [6.07, 6.45) is 1.79. The van der Waals surface area contributed by atoms with Crippen LogP contribution < -0.4 is 0 Å². The van der Waals surface area contributed by atoms with Crippen molar-refractivity contribution in [1.82, 2.24) is 15.0 Å². The van der Waals surface area contributed by atoms with Crippen LogP contribution in [0, 0.1) is 6.92 Å². The van der Waals surface area contributed by atoms with Gasteiger partial charge in [-0.15, -0.1) is 0 Å². The van der Waals surface area contributed by atoms with Gasteiger partial charge in [-0.3, -0.25) is 4.98 Å². The summed E-state index contributed by atoms with van der Waals surface area (Å²) in [7, 11) is 0. The predicted octanol–water partition coefficient (Wildman–Crippen LogP) is 2.97. The lowest BCUT2D eigenvalue weighted by Crippen LogP contribution is -1.99. The molecule has 3 heteroatoms. The molecule has 0 aliphatic heterocycles. The quantitative estimate of drug-likeness (QED) is 0.769. The van der Waals surface area contributed by atoms with Gasteiger partial charge in [-0.2, -0.15) is 0 Å². The van der Waals surface area contributed by atoms with Gasteiger partial charge in [0.2, 0.25) is 0 Å². The first-order chi connectivity index (χ1) is 7.66. The molecule has 82 valence electrons. The maximum atomic E-state index is 4.51. The Morgan fingerprint density at radius 2 is 1.75 bits per heavy atom. The first kappa shape index (κ1) is 10.7. The van der Waals surface area contributed by atoms with E-state index in [0.717, 1.165) is 22.9 Å². The second kappa shape index (κ2) is 4.39. The molecule has 0 aromatic carbocycles. The van der Waals surface area contributed by atoms with Gasteiger partial charge in [-0.25, -0.2) is 9.97 Å². The highest BCUT2D eigenvalue weighted by Crippen LogP contribution is 2.16. The monoisotopic (exact) mass is 213 g/mol. The van der Waals surface area contributed by atoms with Crippen LogP contribution in [0.2, 0.25) is 0 Å². The average Bonchev–Trinajstić information content (AvgIpc) is 2.29. The van der Waals surface area contributed by atoms with Gasteiger partial charge in [0.05, 0.1) is 11.4 Å². The van der Waals surface area contributed by atoms with Crippen molar-refractivity contribution in [3.8, 4) is 11.4 Å². The van der Waals surface area contributed by atoms with Gasteiger partial charge >= 0.3 is 0 Å². The number of aryl methyl sites for hydroxylation is 1. The Kier molecular flexibility index (Phi) is 2.95. The summed E-state index contributed by atoms with van der Waals surface area (Å²) in [6.45, 7) is 6.15. The van der Waals surface area contributed by atoms with Gasteiger partial charge in [0, 0.05) is 17.8 Å². The molecule has 2 aromatic heterocycles. The lowest BCUT2D eigenvalue weighted by Gasteiger charge is -2.05. The molecule has 2 aromatic rings. The fourth-order valence-electron chi connectivity index (χ4n) is 1.48. The van der Waals surface area contributed by atoms with Crippen LogP contribution >= 0.6 is 0 Å². The van der Waals surface area contributed by atoms with Gasteiger partial charge in [0.15, 0.2) is 0 Å². The van der Waals surface area contributed by atoms with E-state index in [1.165, 1.54) is 0 Å². The van der Waals surface area contributed by atoms with E-state index < -0.39 is 0 Å². The van der Waals surface area contributed by atoms with Crippen LogP contribution in [0.5, 0.6) is 0 Å². The molecule has 0 saturated carbocycles. The van der Waals surface area contributed by atoms with Gasteiger partial charge < -0.3 is 0 Å². The van der Waals surface area contributed by atoms with E-state index in [2.05, 4.69) is 28.8 Å². The van der Waals surface area contributed by atoms with Crippen LogP contribution in [0.3, 0.4) is 0 Å². The van der Waals surface area contributed by atoms with E-state index in [0.29, 0.717) is 5.92 Å². The molecule has 0 radical (unpaired) electrons. The molecule has 0 aliphatic carbocycles. The van der Waals surface area contributed by atoms with Crippen LogP contribution in [0.4, 0.5) is 0 Å². The molecule has 0 unspecified atom stereocenters. The molecule has 0 fully saturated rings. The van der Waals surface area contributed by atoms with Crippen LogP contribution in [0.15, 0.2) is 30.5 Å². The predicted molar refractivity (Wildman–Crippen MR) is 64.1 cm³/mol. The number of pyridine rings is 1. The molecule has 0 atom stereocenters. The van der Waals surface area contributed by atoms with Crippen molar-refractivity contribution >= 4 is 0 Å². The fraction of sp³-hybridized carbons (Fsp3) is 0.308. The second-order valence-electron chi connectivity index (χ2n) is 4.12. The molecule has 2 heterocycles. The van der Waals surface area contributed by atoms with Crippen molar-refractivity contribution in [2.45, 2.75) is 26.7 Å². The van der Waals surface area contributed by atoms with Gasteiger partial charge in [0.1, 0.15) is 5.82 Å². The van der Waals surface area contributed by atoms with Crippen LogP contribution in [0.1, 0.15) is 31.3 Å². The molecule has 2 rings (SSSR count). The average molecular weight is 213 g/mol. The summed E-state index contributed by atoms with van der Waals surface area (Å²) in [4.78, 5) is 13.2. The lowest BCUT2D eigenvalue weighted by molar-refractivity contribution is 0.775. The molecular formula is C13H15N3. The maximum absolute atomic E-state index is 4.51. The zero-order valence-corrected chi connectivity index (χ0v) is 9.81. The van der Waals surface area contributed by atoms with Gasteiger partial charge in [0.25, 0.3) is 0 Å². The van der Waals surface area contributed by atoms with E-state index in [9.17, 15) is 0 Å². The Morgan fingerprint density at radius 1 is 1.00 bits per heavy atom. The van der Waals surface area contributed by atoms with Crippen molar-refractivity contribution in [3.05, 3.63) is 42.0 Å². The number of hydrogen-bond acceptors (Lipinski definition) is 3. The van der Waals surface area contributed by atoms with Crippen molar-refractivity contribution in [2.24, 2.45) is 0 Å². The van der Waals surface area contributed by atoms with Crippen LogP contribution in [-0.4, -0.2) is 15.0 Å². The Labute approximate surface area is 95.6 Å². The Hall–Kier alpha value is -1.77. The van der Waals surface area contributed by atoms with E-state index in [1.54, 1.807) is 6.20 Å². The topological polar surface area (TPSA) is 38.7 Å². The molecule has 0 aliphatic rings. The zero-order valence-electron chi connectivity index (χ0n) is 9.81. The second-order valence-corrected chi connectivity index (χ2v) is 4.12. The first-order valence-electron chi connectivity index (χ1n) is 5.44. The minimum Gasteiger partial charge on any atom is -0.251 e. The fourth-order valence-corrected chi connectivity index (χ4v) is 1.48. The largest absolute Gasteiger partial charge is 0.251 e. The highest BCUT2D eigenvalue weighted by Gasteiger charge is 2.06. The standard InChI is InChI=1S/C13H15N3/c1-9(2)13-14-8-7-12(16-13)11-6-4-5-10(3)15-11/h4-9H,1-3H3. The van der Waals surface area contributed by atoms with Crippen molar-refractivity contribution in [1.29, 1.82) is 0 Å². The molecule has 16 heavy (non-hydrogen) atoms. The van der Waals surface area contributed by atoms with Gasteiger partial charge in [-0.05, 0) is 25.1 Å². The summed E-state index contributed by atoms with van der Waals surface area (Å²) in [5, 5.41) is 0. The minimum absolute atomic E-state index is 0.338. The lowest BCUT2D eigenvalue weighted by atomic mass is 10.2. The first-order valence-corrected chi connectivity index (χ1v) is 5.44. The third-order valence-electron chi connectivity index (χ3n) is 2.34. The molecule has 3 nitrogen and oxygen atoms in total. The molecular weight excluding hydrogens is 198 g/mol. The maximum Gasteiger partial charge on any atom is 0.131 e. The summed E-state index contributed by atoms with van der Waals surface area (Å²) in [6, 6.07) is 7.84. The SMILES string of the molecule is Cc1cccc(-c2ccnc(C(C)C)n2)n1. The minimum atomic E-state index is 0.338. The zero-order chi connectivity index (χ0) is 11.5. The molecule has 0 saturated heterocycles. The Bertz CT molecular complexity index is 492. The van der Waals surface area contributed by atoms with E-state index in [-0.39, 0.29) is 0 Å². The summed E-state index contributed by atoms with van der Waals surface area (Å²) >= 11 is 0. The Morgan fingerprint density at radius 3 is 2.44 bits per heavy atom. The normalized spacial score (nSPS) is 10.8. The summed E-state index contributed by atoms with van der Waals surface area (Å²) in [5.74, 6) is 1.20. The number of aromatic nitrogens is 3. The van der Waals surface area contributed by atoms with Crippen molar-refractivity contribution < 1.29 is 0 Å². The highest BCUT2D eigenvalue weighted by molar-refractivity contribution is 5.53. The summed E-state index contributed by atoms with van der Waals surface area (Å²) < 4.78 is 0. The van der Waals surface area contributed by atoms with E-state index in [4.69, 9.17) is 0 Å². The van der Waals surface area contributed by atoms with Crippen LogP contribution in [0.25, 0.3) is 11.4 Å². The van der Waals surface area contributed by atoms with E-state index in [1.807, 2.05) is 31.2 Å². The highest BCUT2D eigenvalue weighted by atomic mass is 14.9. The Balaban J connectivity index is 2.44. The van der Waals surface area contributed by atoms with Crippen LogP contribution in [-0.2, 0) is 0 Å². The smallest absolute Gasteiger partial charge is 0.131 e. The number of rotatable bonds is 2. The number of nitrogens with zero attached hydrogens (tertiary/aromatic N) is 3. The third-order valence-corrected chi connectivity index (χ3v) is 2.34. The molecule has 0 amide bonds. The third kappa shape index (κ3) is 2.24. The number of hydrogen-bond donors (Lipinski definition) is 0. The molecule has 0 N–H and O–H groups in total. The summed E-state index contributed by atoms with van der Waals surface area (Å²) in [5.41, 5.74) is 2.80. The van der Waals surface area contributed by atoms with E-state index >= 15 is 0 Å². The van der Waals surface area contributed by atoms with Crippen molar-refractivity contribution in [3.63, 3.8) is 0 Å². The molecule has 0 spiro atoms. The van der Waals surface area contributed by atoms with Gasteiger partial charge in [-0.1, -0.05) is 19.9 Å². The van der Waals surface area contributed by atoms with Crippen molar-refractivity contribution in [2.75, 3.05) is 0 Å².